The number of aliphatic imine (C=N–C) groups is 1. The fourth-order valence-electron chi connectivity index (χ4n) is 2.62. The van der Waals surface area contributed by atoms with Crippen molar-refractivity contribution in [1.29, 1.82) is 0 Å². The van der Waals surface area contributed by atoms with Gasteiger partial charge in [0.1, 0.15) is 11.3 Å². The lowest BCUT2D eigenvalue weighted by atomic mass is 10.1. The summed E-state index contributed by atoms with van der Waals surface area (Å²) in [5, 5.41) is 7.41. The number of para-hydroxylation sites is 1. The van der Waals surface area contributed by atoms with E-state index >= 15 is 0 Å². The minimum Gasteiger partial charge on any atom is -0.459 e. The standard InChI is InChI=1S/C17H26N4O3S.HI/c1-12-13-8-6-7-9-14(13)24-15(12)10-19-16(18-4)20-11-17(2,3)21-25(5,22)23;/h6-9,21H,10-11H2,1-5H3,(H2,18,19,20);1H. The Bertz CT molecular complexity index is 875. The summed E-state index contributed by atoms with van der Waals surface area (Å²) >= 11 is 0. The first-order valence-electron chi connectivity index (χ1n) is 8.02. The van der Waals surface area contributed by atoms with Crippen LogP contribution < -0.4 is 15.4 Å². The molecule has 146 valence electrons. The van der Waals surface area contributed by atoms with Crippen LogP contribution in [0.15, 0.2) is 33.7 Å². The summed E-state index contributed by atoms with van der Waals surface area (Å²) < 4.78 is 31.2. The van der Waals surface area contributed by atoms with Crippen LogP contribution in [0.4, 0.5) is 0 Å². The van der Waals surface area contributed by atoms with Crippen LogP contribution >= 0.6 is 24.0 Å². The van der Waals surface area contributed by atoms with Crippen LogP contribution in [-0.4, -0.2) is 39.8 Å². The highest BCUT2D eigenvalue weighted by atomic mass is 127. The zero-order valence-corrected chi connectivity index (χ0v) is 18.9. The van der Waals surface area contributed by atoms with E-state index in [9.17, 15) is 8.42 Å². The molecule has 0 aliphatic carbocycles. The lowest BCUT2D eigenvalue weighted by Gasteiger charge is -2.26. The van der Waals surface area contributed by atoms with Crippen molar-refractivity contribution in [1.82, 2.24) is 15.4 Å². The van der Waals surface area contributed by atoms with Crippen molar-refractivity contribution in [2.45, 2.75) is 32.9 Å². The molecule has 7 nitrogen and oxygen atoms in total. The van der Waals surface area contributed by atoms with Gasteiger partial charge in [-0.1, -0.05) is 18.2 Å². The number of rotatable bonds is 6. The SMILES string of the molecule is CN=C(NCc1oc2ccccc2c1C)NCC(C)(C)NS(C)(=O)=O.I. The summed E-state index contributed by atoms with van der Waals surface area (Å²) in [5.74, 6) is 1.42. The monoisotopic (exact) mass is 494 g/mol. The average molecular weight is 494 g/mol. The molecule has 0 aliphatic heterocycles. The number of hydrogen-bond acceptors (Lipinski definition) is 4. The van der Waals surface area contributed by atoms with E-state index in [1.54, 1.807) is 20.9 Å². The second-order valence-electron chi connectivity index (χ2n) is 6.68. The predicted molar refractivity (Wildman–Crippen MR) is 117 cm³/mol. The topological polar surface area (TPSA) is 95.7 Å². The normalized spacial score (nSPS) is 12.7. The quantitative estimate of drug-likeness (QED) is 0.326. The highest BCUT2D eigenvalue weighted by Gasteiger charge is 2.22. The molecule has 2 rings (SSSR count). The van der Waals surface area contributed by atoms with Crippen LogP contribution in [0.2, 0.25) is 0 Å². The van der Waals surface area contributed by atoms with E-state index in [0.29, 0.717) is 19.0 Å². The van der Waals surface area contributed by atoms with Gasteiger partial charge in [0.15, 0.2) is 5.96 Å². The molecule has 9 heteroatoms. The van der Waals surface area contributed by atoms with E-state index in [0.717, 1.165) is 28.5 Å². The summed E-state index contributed by atoms with van der Waals surface area (Å²) in [4.78, 5) is 4.16. The summed E-state index contributed by atoms with van der Waals surface area (Å²) in [5.41, 5.74) is 1.32. The fraction of sp³-hybridized carbons (Fsp3) is 0.471. The highest BCUT2D eigenvalue weighted by Crippen LogP contribution is 2.24. The number of aryl methyl sites for hydroxylation is 1. The summed E-state index contributed by atoms with van der Waals surface area (Å²) in [6, 6.07) is 7.90. The molecule has 0 radical (unpaired) electrons. The molecule has 0 saturated heterocycles. The highest BCUT2D eigenvalue weighted by molar-refractivity contribution is 14.0. The third-order valence-corrected chi connectivity index (χ3v) is 4.67. The third kappa shape index (κ3) is 6.44. The number of furan rings is 1. The van der Waals surface area contributed by atoms with Gasteiger partial charge in [0.2, 0.25) is 10.0 Å². The van der Waals surface area contributed by atoms with E-state index in [4.69, 9.17) is 4.42 Å². The molecule has 0 spiro atoms. The number of guanidine groups is 1. The number of sulfonamides is 1. The maximum Gasteiger partial charge on any atom is 0.209 e. The van der Waals surface area contributed by atoms with E-state index in [1.807, 2.05) is 31.2 Å². The molecule has 26 heavy (non-hydrogen) atoms. The van der Waals surface area contributed by atoms with Crippen molar-refractivity contribution in [2.75, 3.05) is 19.8 Å². The van der Waals surface area contributed by atoms with Gasteiger partial charge in [0, 0.05) is 30.1 Å². The molecular weight excluding hydrogens is 467 g/mol. The first-order valence-corrected chi connectivity index (χ1v) is 9.91. The Labute approximate surface area is 172 Å². The Morgan fingerprint density at radius 2 is 1.88 bits per heavy atom. The Morgan fingerprint density at radius 3 is 2.46 bits per heavy atom. The molecule has 0 aliphatic rings. The number of halogens is 1. The Kier molecular flexibility index (Phi) is 7.90. The second-order valence-corrected chi connectivity index (χ2v) is 8.43. The van der Waals surface area contributed by atoms with Gasteiger partial charge in [-0.05, 0) is 26.8 Å². The maximum absolute atomic E-state index is 11.4. The van der Waals surface area contributed by atoms with Crippen molar-refractivity contribution in [3.63, 3.8) is 0 Å². The number of nitrogens with zero attached hydrogens (tertiary/aromatic N) is 1. The smallest absolute Gasteiger partial charge is 0.209 e. The zero-order valence-electron chi connectivity index (χ0n) is 15.7. The molecule has 0 bridgehead atoms. The van der Waals surface area contributed by atoms with E-state index in [1.165, 1.54) is 0 Å². The number of benzene rings is 1. The molecule has 0 fully saturated rings. The van der Waals surface area contributed by atoms with E-state index < -0.39 is 15.6 Å². The molecule has 1 aromatic carbocycles. The van der Waals surface area contributed by atoms with Crippen molar-refractivity contribution in [3.8, 4) is 0 Å². The number of fused-ring (bicyclic) bond motifs is 1. The van der Waals surface area contributed by atoms with Crippen molar-refractivity contribution in [3.05, 3.63) is 35.6 Å². The number of nitrogens with one attached hydrogen (secondary N) is 3. The second kappa shape index (κ2) is 9.05. The lowest BCUT2D eigenvalue weighted by Crippen LogP contribution is -2.52. The van der Waals surface area contributed by atoms with Crippen LogP contribution in [0.3, 0.4) is 0 Å². The van der Waals surface area contributed by atoms with Crippen LogP contribution in [0, 0.1) is 6.92 Å². The molecular formula is C17H27IN4O3S. The van der Waals surface area contributed by atoms with E-state index in [2.05, 4.69) is 20.3 Å². The first kappa shape index (κ1) is 22.7. The Morgan fingerprint density at radius 1 is 1.23 bits per heavy atom. The molecule has 1 heterocycles. The summed E-state index contributed by atoms with van der Waals surface area (Å²) in [6.07, 6.45) is 1.15. The maximum atomic E-state index is 11.4. The molecule has 1 aromatic heterocycles. The molecule has 3 N–H and O–H groups in total. The molecule has 0 unspecified atom stereocenters. The lowest BCUT2D eigenvalue weighted by molar-refractivity contribution is 0.445. The van der Waals surface area contributed by atoms with Crippen molar-refractivity contribution in [2.24, 2.45) is 4.99 Å². The van der Waals surface area contributed by atoms with Gasteiger partial charge >= 0.3 is 0 Å². The third-order valence-electron chi connectivity index (χ3n) is 3.74. The van der Waals surface area contributed by atoms with Crippen LogP contribution in [0.5, 0.6) is 0 Å². The van der Waals surface area contributed by atoms with Crippen LogP contribution in [0.1, 0.15) is 25.2 Å². The Balaban J connectivity index is 0.00000338. The van der Waals surface area contributed by atoms with Crippen molar-refractivity contribution < 1.29 is 12.8 Å². The minimum absolute atomic E-state index is 0. The van der Waals surface area contributed by atoms with Gasteiger partial charge in [-0.15, -0.1) is 24.0 Å². The average Bonchev–Trinajstić information content (AvgIpc) is 2.82. The first-order chi connectivity index (χ1) is 11.6. The fourth-order valence-corrected chi connectivity index (χ4v) is 3.70. The van der Waals surface area contributed by atoms with Gasteiger partial charge in [-0.3, -0.25) is 4.99 Å². The molecule has 0 amide bonds. The molecule has 0 saturated carbocycles. The van der Waals surface area contributed by atoms with Crippen LogP contribution in [-0.2, 0) is 16.6 Å². The van der Waals surface area contributed by atoms with E-state index in [-0.39, 0.29) is 24.0 Å². The van der Waals surface area contributed by atoms with Crippen LogP contribution in [0.25, 0.3) is 11.0 Å². The van der Waals surface area contributed by atoms with Gasteiger partial charge < -0.3 is 15.1 Å². The van der Waals surface area contributed by atoms with Gasteiger partial charge in [0.05, 0.1) is 12.8 Å². The summed E-state index contributed by atoms with van der Waals surface area (Å²) in [6.45, 7) is 6.51. The zero-order chi connectivity index (χ0) is 18.7. The minimum atomic E-state index is -3.28. The molecule has 0 atom stereocenters. The van der Waals surface area contributed by atoms with Crippen molar-refractivity contribution >= 4 is 50.9 Å². The molecule has 2 aromatic rings. The van der Waals surface area contributed by atoms with Gasteiger partial charge in [-0.2, -0.15) is 0 Å². The number of hydrogen-bond donors (Lipinski definition) is 3. The van der Waals surface area contributed by atoms with Gasteiger partial charge in [-0.25, -0.2) is 13.1 Å². The van der Waals surface area contributed by atoms with Gasteiger partial charge in [0.25, 0.3) is 0 Å². The summed E-state index contributed by atoms with van der Waals surface area (Å²) in [7, 11) is -1.61. The largest absolute Gasteiger partial charge is 0.459 e. The Hall–Kier alpha value is -1.33. The predicted octanol–water partition coefficient (Wildman–Crippen LogP) is 2.35.